The van der Waals surface area contributed by atoms with Crippen molar-refractivity contribution in [1.82, 2.24) is 9.88 Å². The second kappa shape index (κ2) is 6.47. The number of rotatable bonds is 4. The van der Waals surface area contributed by atoms with Gasteiger partial charge in [0, 0.05) is 18.7 Å². The molecule has 1 amide bonds. The van der Waals surface area contributed by atoms with E-state index in [-0.39, 0.29) is 24.8 Å². The number of carbonyl (C=O) groups is 2. The van der Waals surface area contributed by atoms with Crippen LogP contribution in [-0.2, 0) is 16.0 Å². The van der Waals surface area contributed by atoms with E-state index in [1.165, 1.54) is 0 Å². The lowest BCUT2D eigenvalue weighted by molar-refractivity contribution is -0.142. The van der Waals surface area contributed by atoms with Crippen LogP contribution in [0.25, 0.3) is 11.5 Å². The molecule has 2 aromatic rings. The average Bonchev–Trinajstić information content (AvgIpc) is 3.12. The van der Waals surface area contributed by atoms with Gasteiger partial charge in [-0.05, 0) is 25.0 Å². The number of nitrogens with zero attached hydrogens (tertiary/aromatic N) is 2. The van der Waals surface area contributed by atoms with Gasteiger partial charge < -0.3 is 14.4 Å². The zero-order valence-electron chi connectivity index (χ0n) is 13.7. The molecule has 1 aliphatic rings. The molecule has 3 rings (SSSR count). The molecular weight excluding hydrogens is 308 g/mol. The summed E-state index contributed by atoms with van der Waals surface area (Å²) in [6.45, 7) is 4.38. The van der Waals surface area contributed by atoms with E-state index in [1.54, 1.807) is 11.8 Å². The Morgan fingerprint density at radius 1 is 1.29 bits per heavy atom. The summed E-state index contributed by atoms with van der Waals surface area (Å²) in [6.07, 6.45) is 0.126. The van der Waals surface area contributed by atoms with Crippen LogP contribution in [0.4, 0.5) is 0 Å². The predicted molar refractivity (Wildman–Crippen MR) is 87.2 cm³/mol. The highest BCUT2D eigenvalue weighted by Crippen LogP contribution is 2.25. The van der Waals surface area contributed by atoms with E-state index in [1.807, 2.05) is 37.3 Å². The third-order valence-electron chi connectivity index (χ3n) is 4.51. The van der Waals surface area contributed by atoms with Crippen LogP contribution in [0.2, 0.25) is 0 Å². The summed E-state index contributed by atoms with van der Waals surface area (Å²) in [5.41, 5.74) is 1.46. The fraction of sp³-hybridized carbons (Fsp3) is 0.389. The van der Waals surface area contributed by atoms with Crippen molar-refractivity contribution >= 4 is 11.9 Å². The largest absolute Gasteiger partial charge is 0.481 e. The zero-order valence-corrected chi connectivity index (χ0v) is 13.7. The fourth-order valence-electron chi connectivity index (χ4n) is 3.04. The van der Waals surface area contributed by atoms with Crippen LogP contribution in [0.3, 0.4) is 0 Å². The molecule has 6 heteroatoms. The van der Waals surface area contributed by atoms with E-state index >= 15 is 0 Å². The van der Waals surface area contributed by atoms with Gasteiger partial charge in [-0.2, -0.15) is 0 Å². The van der Waals surface area contributed by atoms with Gasteiger partial charge in [-0.1, -0.05) is 25.1 Å². The summed E-state index contributed by atoms with van der Waals surface area (Å²) in [7, 11) is 0. The molecule has 2 heterocycles. The number of carboxylic acids is 1. The first-order chi connectivity index (χ1) is 11.5. The molecule has 24 heavy (non-hydrogen) atoms. The number of hydrogen-bond donors (Lipinski definition) is 1. The summed E-state index contributed by atoms with van der Waals surface area (Å²) < 4.78 is 5.67. The highest BCUT2D eigenvalue weighted by Gasteiger charge is 2.37. The van der Waals surface area contributed by atoms with E-state index in [4.69, 9.17) is 4.42 Å². The van der Waals surface area contributed by atoms with Crippen molar-refractivity contribution in [3.05, 3.63) is 41.8 Å². The van der Waals surface area contributed by atoms with Gasteiger partial charge in [-0.25, -0.2) is 4.98 Å². The van der Waals surface area contributed by atoms with Crippen molar-refractivity contribution in [2.24, 2.45) is 11.8 Å². The SMILES string of the molecule is Cc1oc(-c2ccccc2)nc1CC(=O)N1C[C@@H](C)[C@H](C(=O)O)C1. The van der Waals surface area contributed by atoms with E-state index in [0.717, 1.165) is 5.56 Å². The lowest BCUT2D eigenvalue weighted by atomic mass is 9.99. The maximum absolute atomic E-state index is 12.5. The number of hydrogen-bond acceptors (Lipinski definition) is 4. The zero-order chi connectivity index (χ0) is 17.3. The smallest absolute Gasteiger partial charge is 0.308 e. The maximum Gasteiger partial charge on any atom is 0.308 e. The molecule has 0 unspecified atom stereocenters. The Bertz CT molecular complexity index is 754. The Kier molecular flexibility index (Phi) is 4.38. The van der Waals surface area contributed by atoms with Crippen molar-refractivity contribution in [3.63, 3.8) is 0 Å². The first-order valence-corrected chi connectivity index (χ1v) is 7.98. The van der Waals surface area contributed by atoms with Gasteiger partial charge in [0.15, 0.2) is 0 Å². The minimum atomic E-state index is -0.846. The van der Waals surface area contributed by atoms with Gasteiger partial charge >= 0.3 is 5.97 Å². The third kappa shape index (κ3) is 3.18. The summed E-state index contributed by atoms with van der Waals surface area (Å²) in [4.78, 5) is 29.7. The van der Waals surface area contributed by atoms with Gasteiger partial charge in [0.05, 0.1) is 18.0 Å². The molecule has 6 nitrogen and oxygen atoms in total. The van der Waals surface area contributed by atoms with E-state index in [2.05, 4.69) is 4.98 Å². The second-order valence-electron chi connectivity index (χ2n) is 6.29. The molecule has 2 atom stereocenters. The Hall–Kier alpha value is -2.63. The van der Waals surface area contributed by atoms with Gasteiger partial charge in [-0.3, -0.25) is 9.59 Å². The Morgan fingerprint density at radius 2 is 2.00 bits per heavy atom. The molecule has 0 radical (unpaired) electrons. The van der Waals surface area contributed by atoms with Crippen molar-refractivity contribution in [1.29, 1.82) is 0 Å². The van der Waals surface area contributed by atoms with E-state index in [0.29, 0.717) is 23.9 Å². The highest BCUT2D eigenvalue weighted by atomic mass is 16.4. The van der Waals surface area contributed by atoms with Crippen LogP contribution in [0.5, 0.6) is 0 Å². The number of aliphatic carboxylic acids is 1. The molecule has 0 saturated carbocycles. The standard InChI is InChI=1S/C18H20N2O4/c1-11-9-20(10-14(11)18(22)23)16(21)8-15-12(2)24-17(19-15)13-6-4-3-5-7-13/h3-7,11,14H,8-10H2,1-2H3,(H,22,23)/t11-,14-/m1/s1. The molecule has 1 aromatic heterocycles. The number of aromatic nitrogens is 1. The number of oxazole rings is 1. The first-order valence-electron chi connectivity index (χ1n) is 7.98. The van der Waals surface area contributed by atoms with Crippen molar-refractivity contribution in [3.8, 4) is 11.5 Å². The minimum Gasteiger partial charge on any atom is -0.481 e. The molecule has 1 aliphatic heterocycles. The van der Waals surface area contributed by atoms with Crippen molar-refractivity contribution < 1.29 is 19.1 Å². The quantitative estimate of drug-likeness (QED) is 0.931. The summed E-state index contributed by atoms with van der Waals surface area (Å²) in [5.74, 6) is -0.376. The summed E-state index contributed by atoms with van der Waals surface area (Å²) >= 11 is 0. The molecule has 1 saturated heterocycles. The molecule has 0 spiro atoms. The van der Waals surface area contributed by atoms with Gasteiger partial charge in [0.2, 0.25) is 11.8 Å². The molecule has 1 fully saturated rings. The number of aryl methyl sites for hydroxylation is 1. The average molecular weight is 328 g/mol. The lowest BCUT2D eigenvalue weighted by Crippen LogP contribution is -2.31. The normalized spacial score (nSPS) is 20.3. The molecule has 1 aromatic carbocycles. The Balaban J connectivity index is 1.72. The number of benzene rings is 1. The Labute approximate surface area is 140 Å². The monoisotopic (exact) mass is 328 g/mol. The van der Waals surface area contributed by atoms with E-state index in [9.17, 15) is 14.7 Å². The van der Waals surface area contributed by atoms with Crippen LogP contribution in [0, 0.1) is 18.8 Å². The van der Waals surface area contributed by atoms with E-state index < -0.39 is 11.9 Å². The fourth-order valence-corrected chi connectivity index (χ4v) is 3.04. The lowest BCUT2D eigenvalue weighted by Gasteiger charge is -2.15. The molecule has 0 aliphatic carbocycles. The topological polar surface area (TPSA) is 83.6 Å². The van der Waals surface area contributed by atoms with Gasteiger partial charge in [0.1, 0.15) is 5.76 Å². The molecule has 0 bridgehead atoms. The minimum absolute atomic E-state index is 0.0373. The molecule has 1 N–H and O–H groups in total. The summed E-state index contributed by atoms with van der Waals surface area (Å²) in [5, 5.41) is 9.18. The first kappa shape index (κ1) is 16.2. The highest BCUT2D eigenvalue weighted by molar-refractivity contribution is 5.80. The van der Waals surface area contributed by atoms with Crippen LogP contribution < -0.4 is 0 Å². The van der Waals surface area contributed by atoms with Crippen LogP contribution >= 0.6 is 0 Å². The second-order valence-corrected chi connectivity index (χ2v) is 6.29. The molecule has 126 valence electrons. The van der Waals surface area contributed by atoms with Gasteiger partial charge in [-0.15, -0.1) is 0 Å². The maximum atomic E-state index is 12.5. The molecular formula is C18H20N2O4. The third-order valence-corrected chi connectivity index (χ3v) is 4.51. The van der Waals surface area contributed by atoms with Crippen molar-refractivity contribution in [2.45, 2.75) is 20.3 Å². The van der Waals surface area contributed by atoms with Crippen molar-refractivity contribution in [2.75, 3.05) is 13.1 Å². The van der Waals surface area contributed by atoms with Gasteiger partial charge in [0.25, 0.3) is 0 Å². The number of amides is 1. The number of carboxylic acid groups (broad SMARTS) is 1. The van der Waals surface area contributed by atoms with Crippen LogP contribution in [-0.4, -0.2) is 40.0 Å². The Morgan fingerprint density at radius 3 is 2.62 bits per heavy atom. The summed E-state index contributed by atoms with van der Waals surface area (Å²) in [6, 6.07) is 9.51. The number of likely N-dealkylation sites (tertiary alicyclic amines) is 1. The predicted octanol–water partition coefficient (Wildman–Crippen LogP) is 2.37. The van der Waals surface area contributed by atoms with Crippen LogP contribution in [0.15, 0.2) is 34.7 Å². The van der Waals surface area contributed by atoms with Crippen LogP contribution in [0.1, 0.15) is 18.4 Å². The number of carbonyl (C=O) groups excluding carboxylic acids is 1.